The third kappa shape index (κ3) is 6.17. The molecule has 1 saturated heterocycles. The molecule has 0 spiro atoms. The summed E-state index contributed by atoms with van der Waals surface area (Å²) in [6.45, 7) is 9.73. The third-order valence-electron chi connectivity index (χ3n) is 6.84. The average Bonchev–Trinajstić information content (AvgIpc) is 3.13. The van der Waals surface area contributed by atoms with Crippen LogP contribution >= 0.6 is 23.4 Å². The Kier molecular flexibility index (Phi) is 8.97. The molecular weight excluding hydrogens is 458 g/mol. The minimum absolute atomic E-state index is 0.156. The van der Waals surface area contributed by atoms with Gasteiger partial charge < -0.3 is 20.4 Å². The summed E-state index contributed by atoms with van der Waals surface area (Å²) < 4.78 is 0. The number of likely N-dealkylation sites (tertiary alicyclic amines) is 1. The van der Waals surface area contributed by atoms with Crippen LogP contribution < -0.4 is 5.73 Å². The topological polar surface area (TPSA) is 78.1 Å². The van der Waals surface area contributed by atoms with Crippen molar-refractivity contribution in [1.29, 1.82) is 5.41 Å². The quantitative estimate of drug-likeness (QED) is 0.170. The Bertz CT molecular complexity index is 869. The molecule has 0 aromatic heterocycles. The SMILES string of the molecule is CC[C@@]1(c2cccc(Cl)c2)C[C@@H](C)CN(CCCSC(N)N(C)C(=N)C2=C(C)N(C)OO2)C1. The van der Waals surface area contributed by atoms with E-state index in [1.165, 1.54) is 17.0 Å². The highest BCUT2D eigenvalue weighted by atomic mass is 35.5. The predicted molar refractivity (Wildman–Crippen MR) is 137 cm³/mol. The van der Waals surface area contributed by atoms with E-state index in [2.05, 4.69) is 36.9 Å². The zero-order chi connectivity index (χ0) is 24.2. The number of hydroxylamine groups is 2. The van der Waals surface area contributed by atoms with E-state index in [4.69, 9.17) is 32.6 Å². The fraction of sp³-hybridized carbons (Fsp3) is 0.625. The molecule has 33 heavy (non-hydrogen) atoms. The van der Waals surface area contributed by atoms with E-state index >= 15 is 0 Å². The molecule has 1 aromatic rings. The summed E-state index contributed by atoms with van der Waals surface area (Å²) >= 11 is 7.98. The maximum Gasteiger partial charge on any atom is 0.231 e. The minimum Gasteiger partial charge on any atom is -0.333 e. The van der Waals surface area contributed by atoms with Crippen molar-refractivity contribution in [2.45, 2.75) is 50.9 Å². The number of nitrogens with one attached hydrogen (secondary N) is 1. The number of likely N-dealkylation sites (N-methyl/N-ethyl adjacent to an activating group) is 1. The molecule has 1 fully saturated rings. The summed E-state index contributed by atoms with van der Waals surface area (Å²) in [6, 6.07) is 8.41. The van der Waals surface area contributed by atoms with E-state index in [-0.39, 0.29) is 16.7 Å². The van der Waals surface area contributed by atoms with Crippen LogP contribution in [0, 0.1) is 11.3 Å². The zero-order valence-electron chi connectivity index (χ0n) is 20.4. The number of nitrogens with two attached hydrogens (primary N) is 1. The van der Waals surface area contributed by atoms with Crippen LogP contribution in [0.4, 0.5) is 0 Å². The molecule has 3 atom stereocenters. The van der Waals surface area contributed by atoms with Crippen LogP contribution in [0.5, 0.6) is 0 Å². The number of halogens is 1. The van der Waals surface area contributed by atoms with Crippen LogP contribution in [0.25, 0.3) is 0 Å². The van der Waals surface area contributed by atoms with Gasteiger partial charge in [-0.25, -0.2) is 5.06 Å². The zero-order valence-corrected chi connectivity index (χ0v) is 22.0. The molecule has 1 unspecified atom stereocenters. The molecule has 0 radical (unpaired) electrons. The highest BCUT2D eigenvalue weighted by Gasteiger charge is 2.38. The number of allylic oxidation sites excluding steroid dienone is 1. The lowest BCUT2D eigenvalue weighted by Gasteiger charge is -2.46. The van der Waals surface area contributed by atoms with Gasteiger partial charge in [-0.1, -0.05) is 42.6 Å². The Morgan fingerprint density at radius 1 is 1.45 bits per heavy atom. The number of benzene rings is 1. The summed E-state index contributed by atoms with van der Waals surface area (Å²) in [7, 11) is 3.56. The van der Waals surface area contributed by atoms with E-state index in [0.29, 0.717) is 11.7 Å². The first-order valence-electron chi connectivity index (χ1n) is 11.6. The van der Waals surface area contributed by atoms with Gasteiger partial charge in [-0.15, -0.1) is 11.8 Å². The number of nitrogens with zero attached hydrogens (tertiary/aromatic N) is 3. The summed E-state index contributed by atoms with van der Waals surface area (Å²) in [5.41, 5.74) is 8.29. The molecule has 2 heterocycles. The Morgan fingerprint density at radius 3 is 2.85 bits per heavy atom. The van der Waals surface area contributed by atoms with Gasteiger partial charge in [-0.05, 0) is 62.1 Å². The van der Waals surface area contributed by atoms with Gasteiger partial charge in [-0.3, -0.25) is 5.41 Å². The van der Waals surface area contributed by atoms with Gasteiger partial charge in [0.1, 0.15) is 5.50 Å². The maximum atomic E-state index is 8.39. The van der Waals surface area contributed by atoms with E-state index < -0.39 is 0 Å². The molecular formula is C24H38ClN5O2S. The smallest absolute Gasteiger partial charge is 0.231 e. The normalized spacial score (nSPS) is 24.7. The number of thioether (sulfide) groups is 1. The van der Waals surface area contributed by atoms with Gasteiger partial charge in [-0.2, -0.15) is 0 Å². The molecule has 2 aliphatic heterocycles. The Labute approximate surface area is 207 Å². The van der Waals surface area contributed by atoms with Crippen LogP contribution in [0.15, 0.2) is 35.7 Å². The van der Waals surface area contributed by atoms with Gasteiger partial charge in [0.15, 0.2) is 5.84 Å². The van der Waals surface area contributed by atoms with Crippen molar-refractivity contribution in [2.75, 3.05) is 39.5 Å². The summed E-state index contributed by atoms with van der Waals surface area (Å²) in [4.78, 5) is 14.5. The lowest BCUT2D eigenvalue weighted by atomic mass is 9.69. The highest BCUT2D eigenvalue weighted by molar-refractivity contribution is 7.99. The summed E-state index contributed by atoms with van der Waals surface area (Å²) in [5, 5.41) is 10.7. The van der Waals surface area contributed by atoms with Gasteiger partial charge >= 0.3 is 0 Å². The van der Waals surface area contributed by atoms with Gasteiger partial charge in [0.05, 0.1) is 5.70 Å². The number of amidine groups is 1. The van der Waals surface area contributed by atoms with Gasteiger partial charge in [0.2, 0.25) is 5.76 Å². The fourth-order valence-corrected chi connectivity index (χ4v) is 5.90. The standard InChI is InChI=1S/C24H38ClN5O2S/c1-6-24(19-9-7-10-20(25)13-19)14-17(2)15-30(16-24)11-8-12-33-23(27)28(4)22(26)21-18(3)29(5)32-31-21/h7,9-10,13,17,23,26H,6,8,11-12,14-16,27H2,1-5H3/t17-,23?,24-/m1/s1. The molecule has 3 rings (SSSR count). The number of piperidine rings is 1. The van der Waals surface area contributed by atoms with Crippen molar-refractivity contribution < 1.29 is 9.88 Å². The molecule has 184 valence electrons. The van der Waals surface area contributed by atoms with E-state index in [1.807, 2.05) is 20.0 Å². The molecule has 0 saturated carbocycles. The first kappa shape index (κ1) is 26.2. The summed E-state index contributed by atoms with van der Waals surface area (Å²) in [6.07, 6.45) is 3.35. The first-order valence-corrected chi connectivity index (χ1v) is 13.1. The Balaban J connectivity index is 1.51. The second-order valence-corrected chi connectivity index (χ2v) is 11.0. The lowest BCUT2D eigenvalue weighted by Crippen LogP contribution is -2.49. The van der Waals surface area contributed by atoms with Gasteiger partial charge in [0, 0.05) is 37.6 Å². The van der Waals surface area contributed by atoms with Crippen LogP contribution in [-0.2, 0) is 15.3 Å². The summed E-state index contributed by atoms with van der Waals surface area (Å²) in [5.74, 6) is 2.18. The second-order valence-electron chi connectivity index (χ2n) is 9.33. The van der Waals surface area contributed by atoms with Crippen molar-refractivity contribution in [3.05, 3.63) is 46.3 Å². The van der Waals surface area contributed by atoms with Crippen LogP contribution in [-0.4, -0.2) is 65.7 Å². The number of rotatable bonds is 9. The average molecular weight is 496 g/mol. The highest BCUT2D eigenvalue weighted by Crippen LogP contribution is 2.40. The molecule has 2 aliphatic rings. The first-order chi connectivity index (χ1) is 15.7. The monoisotopic (exact) mass is 495 g/mol. The van der Waals surface area contributed by atoms with Crippen molar-refractivity contribution in [1.82, 2.24) is 14.9 Å². The van der Waals surface area contributed by atoms with E-state index in [0.717, 1.165) is 48.9 Å². The Hall–Kier alpha value is -1.45. The molecule has 1 aromatic carbocycles. The predicted octanol–water partition coefficient (Wildman–Crippen LogP) is 4.64. The van der Waals surface area contributed by atoms with Crippen molar-refractivity contribution in [3.63, 3.8) is 0 Å². The second kappa shape index (κ2) is 11.3. The third-order valence-corrected chi connectivity index (χ3v) is 8.26. The molecule has 0 aliphatic carbocycles. The van der Waals surface area contributed by atoms with Crippen molar-refractivity contribution >= 4 is 29.2 Å². The maximum absolute atomic E-state index is 8.39. The van der Waals surface area contributed by atoms with Crippen molar-refractivity contribution in [2.24, 2.45) is 11.7 Å². The van der Waals surface area contributed by atoms with Crippen LogP contribution in [0.1, 0.15) is 45.6 Å². The van der Waals surface area contributed by atoms with Crippen LogP contribution in [0.2, 0.25) is 5.02 Å². The molecule has 0 amide bonds. The lowest BCUT2D eigenvalue weighted by molar-refractivity contribution is -0.354. The minimum atomic E-state index is -0.325. The molecule has 9 heteroatoms. The number of hydrogen-bond donors (Lipinski definition) is 2. The fourth-order valence-electron chi connectivity index (χ4n) is 4.84. The Morgan fingerprint density at radius 2 is 2.21 bits per heavy atom. The van der Waals surface area contributed by atoms with E-state index in [1.54, 1.807) is 23.7 Å². The van der Waals surface area contributed by atoms with Crippen LogP contribution in [0.3, 0.4) is 0 Å². The molecule has 3 N–H and O–H groups in total. The van der Waals surface area contributed by atoms with Gasteiger partial charge in [0.25, 0.3) is 0 Å². The van der Waals surface area contributed by atoms with E-state index in [9.17, 15) is 0 Å². The molecule has 7 nitrogen and oxygen atoms in total. The number of hydrogen-bond acceptors (Lipinski definition) is 7. The van der Waals surface area contributed by atoms with Crippen molar-refractivity contribution in [3.8, 4) is 0 Å². The largest absolute Gasteiger partial charge is 0.333 e. The molecule has 0 bridgehead atoms.